The minimum atomic E-state index is 0.0853. The summed E-state index contributed by atoms with van der Waals surface area (Å²) < 4.78 is 0.792. The van der Waals surface area contributed by atoms with Gasteiger partial charge in [0.05, 0.1) is 16.3 Å². The summed E-state index contributed by atoms with van der Waals surface area (Å²) in [4.78, 5) is 11.3. The monoisotopic (exact) mass is 229 g/mol. The Morgan fingerprint density at radius 2 is 2.29 bits per heavy atom. The lowest BCUT2D eigenvalue weighted by Crippen LogP contribution is -2.53. The number of carbonyl (C=O) groups is 1. The van der Waals surface area contributed by atoms with Gasteiger partial charge in [-0.15, -0.1) is 11.3 Å². The van der Waals surface area contributed by atoms with Crippen LogP contribution in [-0.2, 0) is 4.79 Å². The molecule has 0 spiro atoms. The lowest BCUT2D eigenvalue weighted by Gasteiger charge is -2.39. The van der Waals surface area contributed by atoms with Crippen LogP contribution in [-0.4, -0.2) is 5.91 Å². The molecule has 0 saturated carbocycles. The molecule has 2 heterocycles. The van der Waals surface area contributed by atoms with Gasteiger partial charge in [0.2, 0.25) is 5.91 Å². The van der Waals surface area contributed by atoms with E-state index >= 15 is 0 Å². The lowest BCUT2D eigenvalue weighted by molar-refractivity contribution is -0.137. The Morgan fingerprint density at radius 1 is 1.57 bits per heavy atom. The first kappa shape index (κ1) is 9.99. The van der Waals surface area contributed by atoms with Crippen molar-refractivity contribution in [3.8, 4) is 0 Å². The summed E-state index contributed by atoms with van der Waals surface area (Å²) in [6.45, 7) is 4.13. The molecule has 1 aliphatic rings. The zero-order valence-corrected chi connectivity index (χ0v) is 9.65. The molecule has 2 nitrogen and oxygen atoms in total. The van der Waals surface area contributed by atoms with Gasteiger partial charge < -0.3 is 5.32 Å². The van der Waals surface area contributed by atoms with Crippen molar-refractivity contribution in [2.45, 2.75) is 19.9 Å². The molecule has 76 valence electrons. The van der Waals surface area contributed by atoms with E-state index in [2.05, 4.69) is 19.2 Å². The molecule has 0 bridgehead atoms. The standard InChI is InChI=1S/C10H12ClNOS/c1-5(2)7-8(12-10(7)13)6-3-4-14-9(6)11/h3-5,7-8H,1-2H3,(H,12,13). The minimum Gasteiger partial charge on any atom is -0.348 e. The van der Waals surface area contributed by atoms with Crippen LogP contribution in [0.5, 0.6) is 0 Å². The van der Waals surface area contributed by atoms with Gasteiger partial charge in [-0.25, -0.2) is 0 Å². The summed E-state index contributed by atoms with van der Waals surface area (Å²) in [7, 11) is 0. The van der Waals surface area contributed by atoms with Crippen LogP contribution in [0.25, 0.3) is 0 Å². The van der Waals surface area contributed by atoms with Crippen molar-refractivity contribution in [2.24, 2.45) is 11.8 Å². The maximum atomic E-state index is 11.3. The van der Waals surface area contributed by atoms with Crippen LogP contribution in [0.4, 0.5) is 0 Å². The van der Waals surface area contributed by atoms with E-state index < -0.39 is 0 Å². The van der Waals surface area contributed by atoms with E-state index in [1.807, 2.05) is 11.4 Å². The van der Waals surface area contributed by atoms with Crippen LogP contribution in [0.2, 0.25) is 4.34 Å². The number of carbonyl (C=O) groups excluding carboxylic acids is 1. The molecule has 4 heteroatoms. The Bertz CT molecular complexity index is 361. The van der Waals surface area contributed by atoms with Crippen LogP contribution in [0.3, 0.4) is 0 Å². The third-order valence-electron chi connectivity index (χ3n) is 2.66. The van der Waals surface area contributed by atoms with E-state index in [9.17, 15) is 4.79 Å². The summed E-state index contributed by atoms with van der Waals surface area (Å²) in [5, 5.41) is 4.86. The topological polar surface area (TPSA) is 29.1 Å². The van der Waals surface area contributed by atoms with Gasteiger partial charge in [0.15, 0.2) is 0 Å². The first-order chi connectivity index (χ1) is 6.61. The quantitative estimate of drug-likeness (QED) is 0.777. The number of nitrogens with one attached hydrogen (secondary N) is 1. The van der Waals surface area contributed by atoms with Gasteiger partial charge in [-0.05, 0) is 17.4 Å². The van der Waals surface area contributed by atoms with Crippen LogP contribution in [0, 0.1) is 11.8 Å². The highest BCUT2D eigenvalue weighted by atomic mass is 35.5. The van der Waals surface area contributed by atoms with Crippen molar-refractivity contribution in [3.05, 3.63) is 21.3 Å². The fourth-order valence-electron chi connectivity index (χ4n) is 1.88. The summed E-state index contributed by atoms with van der Waals surface area (Å²) in [6.07, 6.45) is 0. The lowest BCUT2D eigenvalue weighted by atomic mass is 9.78. The molecule has 1 fully saturated rings. The number of thiophene rings is 1. The Kier molecular flexibility index (Phi) is 2.54. The number of hydrogen-bond acceptors (Lipinski definition) is 2. The van der Waals surface area contributed by atoms with E-state index in [0.717, 1.165) is 9.90 Å². The summed E-state index contributed by atoms with van der Waals surface area (Å²) in [5.41, 5.74) is 1.06. The highest BCUT2D eigenvalue weighted by Gasteiger charge is 2.42. The van der Waals surface area contributed by atoms with Gasteiger partial charge in [-0.1, -0.05) is 25.4 Å². The molecule has 0 aliphatic carbocycles. The highest BCUT2D eigenvalue weighted by Crippen LogP contribution is 2.40. The molecular formula is C10H12ClNOS. The third-order valence-corrected chi connectivity index (χ3v) is 3.86. The normalized spacial score (nSPS) is 26.1. The molecule has 0 radical (unpaired) electrons. The van der Waals surface area contributed by atoms with E-state index in [4.69, 9.17) is 11.6 Å². The van der Waals surface area contributed by atoms with E-state index in [-0.39, 0.29) is 17.9 Å². The first-order valence-electron chi connectivity index (χ1n) is 4.64. The number of halogens is 1. The van der Waals surface area contributed by atoms with Crippen LogP contribution < -0.4 is 5.32 Å². The predicted molar refractivity (Wildman–Crippen MR) is 58.5 cm³/mol. The second-order valence-corrected chi connectivity index (χ2v) is 5.42. The second kappa shape index (κ2) is 3.55. The third kappa shape index (κ3) is 1.44. The van der Waals surface area contributed by atoms with Crippen LogP contribution in [0.1, 0.15) is 25.5 Å². The molecule has 1 aromatic heterocycles. The Hall–Kier alpha value is -0.540. The fourth-order valence-corrected chi connectivity index (χ4v) is 2.88. The van der Waals surface area contributed by atoms with Gasteiger partial charge in [0.25, 0.3) is 0 Å². The maximum absolute atomic E-state index is 11.3. The Morgan fingerprint density at radius 3 is 2.71 bits per heavy atom. The second-order valence-electron chi connectivity index (χ2n) is 3.91. The fraction of sp³-hybridized carbons (Fsp3) is 0.500. The van der Waals surface area contributed by atoms with Crippen molar-refractivity contribution >= 4 is 28.8 Å². The van der Waals surface area contributed by atoms with Crippen molar-refractivity contribution in [2.75, 3.05) is 0 Å². The number of β-lactam (4-membered cyclic amide) rings is 1. The molecule has 2 unspecified atom stereocenters. The first-order valence-corrected chi connectivity index (χ1v) is 5.90. The van der Waals surface area contributed by atoms with Gasteiger partial charge in [0, 0.05) is 5.56 Å². The van der Waals surface area contributed by atoms with Gasteiger partial charge in [-0.3, -0.25) is 4.79 Å². The smallest absolute Gasteiger partial charge is 0.226 e. The average Bonchev–Trinajstić information content (AvgIpc) is 2.45. The number of amides is 1. The Balaban J connectivity index is 2.22. The number of rotatable bonds is 2. The molecular weight excluding hydrogens is 218 g/mol. The predicted octanol–water partition coefficient (Wildman–Crippen LogP) is 2.84. The molecule has 2 rings (SSSR count). The Labute approximate surface area is 92.3 Å². The van der Waals surface area contributed by atoms with Crippen LogP contribution >= 0.6 is 22.9 Å². The van der Waals surface area contributed by atoms with Crippen molar-refractivity contribution in [3.63, 3.8) is 0 Å². The van der Waals surface area contributed by atoms with E-state index in [1.54, 1.807) is 0 Å². The zero-order valence-electron chi connectivity index (χ0n) is 8.08. The average molecular weight is 230 g/mol. The minimum absolute atomic E-state index is 0.0853. The van der Waals surface area contributed by atoms with Gasteiger partial charge in [0.1, 0.15) is 0 Å². The van der Waals surface area contributed by atoms with Gasteiger partial charge >= 0.3 is 0 Å². The number of hydrogen-bond donors (Lipinski definition) is 1. The van der Waals surface area contributed by atoms with Crippen LogP contribution in [0.15, 0.2) is 11.4 Å². The molecule has 1 amide bonds. The highest BCUT2D eigenvalue weighted by molar-refractivity contribution is 7.14. The zero-order chi connectivity index (χ0) is 10.3. The molecule has 2 atom stereocenters. The molecule has 1 saturated heterocycles. The SMILES string of the molecule is CC(C)C1C(=O)NC1c1ccsc1Cl. The summed E-state index contributed by atoms with van der Waals surface area (Å²) >= 11 is 7.54. The van der Waals surface area contributed by atoms with Crippen molar-refractivity contribution < 1.29 is 4.79 Å². The summed E-state index contributed by atoms with van der Waals surface area (Å²) in [5.74, 6) is 0.596. The van der Waals surface area contributed by atoms with E-state index in [1.165, 1.54) is 11.3 Å². The van der Waals surface area contributed by atoms with Crippen molar-refractivity contribution in [1.82, 2.24) is 5.32 Å². The van der Waals surface area contributed by atoms with Gasteiger partial charge in [-0.2, -0.15) is 0 Å². The summed E-state index contributed by atoms with van der Waals surface area (Å²) in [6, 6.07) is 2.12. The maximum Gasteiger partial charge on any atom is 0.226 e. The molecule has 0 aromatic carbocycles. The molecule has 1 aromatic rings. The molecule has 1 aliphatic heterocycles. The van der Waals surface area contributed by atoms with Crippen molar-refractivity contribution in [1.29, 1.82) is 0 Å². The molecule has 1 N–H and O–H groups in total. The largest absolute Gasteiger partial charge is 0.348 e. The molecule has 14 heavy (non-hydrogen) atoms. The van der Waals surface area contributed by atoms with E-state index in [0.29, 0.717) is 5.92 Å².